The highest BCUT2D eigenvalue weighted by atomic mass is 79.9. The molecule has 1 aliphatic heterocycles. The van der Waals surface area contributed by atoms with Crippen LogP contribution >= 0.6 is 15.9 Å². The standard InChI is InChI=1S/C14H12BrF2NO5/c1-21-13(19)8-5-23-6-18(11(8)14(20)22-2)12-9(15)3-7(16)4-10(12)17/h3-4H,5-6H2,1-2H3. The van der Waals surface area contributed by atoms with Crippen molar-refractivity contribution >= 4 is 33.6 Å². The Hall–Kier alpha value is -2.00. The summed E-state index contributed by atoms with van der Waals surface area (Å²) in [7, 11) is 2.26. The lowest BCUT2D eigenvalue weighted by molar-refractivity contribution is -0.140. The number of hydrogen-bond donors (Lipinski definition) is 0. The number of carbonyl (C=O) groups is 2. The number of carbonyl (C=O) groups excluding carboxylic acids is 2. The van der Waals surface area contributed by atoms with Gasteiger partial charge in [0.05, 0.1) is 32.1 Å². The van der Waals surface area contributed by atoms with E-state index in [1.165, 1.54) is 0 Å². The van der Waals surface area contributed by atoms with Crippen molar-refractivity contribution < 1.29 is 32.6 Å². The molecular formula is C14H12BrF2NO5. The van der Waals surface area contributed by atoms with Crippen LogP contribution in [0.4, 0.5) is 14.5 Å². The number of ether oxygens (including phenoxy) is 3. The molecule has 1 heterocycles. The van der Waals surface area contributed by atoms with Crippen LogP contribution in [0, 0.1) is 11.6 Å². The fourth-order valence-corrected chi connectivity index (χ4v) is 2.73. The summed E-state index contributed by atoms with van der Waals surface area (Å²) in [5.74, 6) is -3.42. The normalized spacial score (nSPS) is 14.7. The van der Waals surface area contributed by atoms with Gasteiger partial charge in [-0.05, 0) is 22.0 Å². The number of hydrogen-bond acceptors (Lipinski definition) is 6. The Morgan fingerprint density at radius 2 is 1.87 bits per heavy atom. The highest BCUT2D eigenvalue weighted by Crippen LogP contribution is 2.35. The SMILES string of the molecule is COC(=O)C1=C(C(=O)OC)N(c2c(F)cc(F)cc2Br)COC1. The van der Waals surface area contributed by atoms with Crippen LogP contribution in [0.3, 0.4) is 0 Å². The first-order valence-corrected chi connectivity index (χ1v) is 7.09. The van der Waals surface area contributed by atoms with E-state index in [0.29, 0.717) is 6.07 Å². The molecule has 6 nitrogen and oxygen atoms in total. The van der Waals surface area contributed by atoms with E-state index in [4.69, 9.17) is 4.74 Å². The van der Waals surface area contributed by atoms with Gasteiger partial charge < -0.3 is 19.1 Å². The number of halogens is 3. The fraction of sp³-hybridized carbons (Fsp3) is 0.286. The summed E-state index contributed by atoms with van der Waals surface area (Å²) < 4.78 is 42.0. The van der Waals surface area contributed by atoms with Crippen LogP contribution < -0.4 is 4.90 Å². The summed E-state index contributed by atoms with van der Waals surface area (Å²) in [6, 6.07) is 1.68. The van der Waals surface area contributed by atoms with Gasteiger partial charge in [-0.3, -0.25) is 0 Å². The van der Waals surface area contributed by atoms with Crippen molar-refractivity contribution in [2.45, 2.75) is 0 Å². The lowest BCUT2D eigenvalue weighted by Gasteiger charge is -2.32. The Balaban J connectivity index is 2.65. The van der Waals surface area contributed by atoms with Gasteiger partial charge in [0, 0.05) is 10.5 Å². The average molecular weight is 392 g/mol. The van der Waals surface area contributed by atoms with E-state index in [1.807, 2.05) is 0 Å². The minimum absolute atomic E-state index is 0.0473. The smallest absolute Gasteiger partial charge is 0.355 e. The van der Waals surface area contributed by atoms with Crippen LogP contribution in [0.1, 0.15) is 0 Å². The molecule has 0 spiro atoms. The second-order valence-electron chi connectivity index (χ2n) is 4.43. The van der Waals surface area contributed by atoms with Crippen molar-refractivity contribution in [1.29, 1.82) is 0 Å². The lowest BCUT2D eigenvalue weighted by atomic mass is 10.1. The lowest BCUT2D eigenvalue weighted by Crippen LogP contribution is -2.39. The van der Waals surface area contributed by atoms with Crippen LogP contribution in [-0.4, -0.2) is 39.5 Å². The van der Waals surface area contributed by atoms with Gasteiger partial charge in [-0.15, -0.1) is 0 Å². The molecule has 0 fully saturated rings. The molecule has 0 N–H and O–H groups in total. The van der Waals surface area contributed by atoms with Gasteiger partial charge in [0.25, 0.3) is 0 Å². The fourth-order valence-electron chi connectivity index (χ4n) is 2.11. The van der Waals surface area contributed by atoms with Crippen molar-refractivity contribution in [1.82, 2.24) is 0 Å². The Morgan fingerprint density at radius 3 is 2.43 bits per heavy atom. The third-order valence-electron chi connectivity index (χ3n) is 3.08. The maximum atomic E-state index is 14.2. The van der Waals surface area contributed by atoms with E-state index >= 15 is 0 Å². The minimum atomic E-state index is -0.937. The van der Waals surface area contributed by atoms with E-state index in [1.54, 1.807) is 0 Å². The molecule has 0 bridgehead atoms. The van der Waals surface area contributed by atoms with Crippen LogP contribution in [-0.2, 0) is 23.8 Å². The van der Waals surface area contributed by atoms with Crippen molar-refractivity contribution in [2.75, 3.05) is 32.5 Å². The summed E-state index contributed by atoms with van der Waals surface area (Å²) in [5.41, 5.74) is -0.508. The van der Waals surface area contributed by atoms with Gasteiger partial charge in [-0.1, -0.05) is 0 Å². The summed E-state index contributed by atoms with van der Waals surface area (Å²) in [6.07, 6.45) is 0. The molecule has 0 saturated carbocycles. The van der Waals surface area contributed by atoms with E-state index in [9.17, 15) is 18.4 Å². The monoisotopic (exact) mass is 391 g/mol. The molecule has 1 aromatic carbocycles. The molecule has 0 unspecified atom stereocenters. The van der Waals surface area contributed by atoms with Crippen LogP contribution in [0.15, 0.2) is 27.9 Å². The Morgan fingerprint density at radius 1 is 1.22 bits per heavy atom. The maximum absolute atomic E-state index is 14.2. The van der Waals surface area contributed by atoms with Gasteiger partial charge in [-0.2, -0.15) is 0 Å². The highest BCUT2D eigenvalue weighted by Gasteiger charge is 2.34. The maximum Gasteiger partial charge on any atom is 0.355 e. The molecule has 23 heavy (non-hydrogen) atoms. The van der Waals surface area contributed by atoms with E-state index in [2.05, 4.69) is 25.4 Å². The Kier molecular flexibility index (Phi) is 5.32. The zero-order valence-electron chi connectivity index (χ0n) is 12.2. The highest BCUT2D eigenvalue weighted by molar-refractivity contribution is 9.10. The Bertz CT molecular complexity index is 669. The van der Waals surface area contributed by atoms with Gasteiger partial charge >= 0.3 is 11.9 Å². The molecule has 9 heteroatoms. The number of nitrogens with zero attached hydrogens (tertiary/aromatic N) is 1. The summed E-state index contributed by atoms with van der Waals surface area (Å²) in [4.78, 5) is 25.0. The molecule has 0 aliphatic carbocycles. The van der Waals surface area contributed by atoms with E-state index in [-0.39, 0.29) is 34.8 Å². The summed E-state index contributed by atoms with van der Waals surface area (Å²) >= 11 is 3.04. The summed E-state index contributed by atoms with van der Waals surface area (Å²) in [5, 5.41) is 0. The van der Waals surface area contributed by atoms with Gasteiger partial charge in [0.2, 0.25) is 0 Å². The molecule has 1 aromatic rings. The predicted molar refractivity (Wildman–Crippen MR) is 78.4 cm³/mol. The van der Waals surface area contributed by atoms with Crippen molar-refractivity contribution in [3.63, 3.8) is 0 Å². The molecule has 0 radical (unpaired) electrons. The molecule has 124 valence electrons. The number of rotatable bonds is 3. The zero-order chi connectivity index (χ0) is 17.1. The molecule has 1 aliphatic rings. The first-order valence-electron chi connectivity index (χ1n) is 6.30. The number of esters is 2. The molecule has 0 amide bonds. The second kappa shape index (κ2) is 7.05. The van der Waals surface area contributed by atoms with E-state index in [0.717, 1.165) is 25.2 Å². The molecule has 0 saturated heterocycles. The quantitative estimate of drug-likeness (QED) is 0.735. The first-order chi connectivity index (χ1) is 10.9. The number of anilines is 1. The van der Waals surface area contributed by atoms with Crippen LogP contribution in [0.2, 0.25) is 0 Å². The van der Waals surface area contributed by atoms with Crippen LogP contribution in [0.25, 0.3) is 0 Å². The van der Waals surface area contributed by atoms with Crippen molar-refractivity contribution in [3.8, 4) is 0 Å². The van der Waals surface area contributed by atoms with Gasteiger partial charge in [0.1, 0.15) is 18.2 Å². The summed E-state index contributed by atoms with van der Waals surface area (Å²) in [6.45, 7) is -0.430. The van der Waals surface area contributed by atoms with Crippen molar-refractivity contribution in [3.05, 3.63) is 39.5 Å². The zero-order valence-corrected chi connectivity index (χ0v) is 13.8. The molecule has 2 rings (SSSR count). The average Bonchev–Trinajstić information content (AvgIpc) is 2.52. The number of methoxy groups -OCH3 is 2. The van der Waals surface area contributed by atoms with Crippen molar-refractivity contribution in [2.24, 2.45) is 0 Å². The van der Waals surface area contributed by atoms with Gasteiger partial charge in [-0.25, -0.2) is 18.4 Å². The second-order valence-corrected chi connectivity index (χ2v) is 5.29. The van der Waals surface area contributed by atoms with E-state index < -0.39 is 23.6 Å². The minimum Gasteiger partial charge on any atom is -0.466 e. The third-order valence-corrected chi connectivity index (χ3v) is 3.69. The van der Waals surface area contributed by atoms with Crippen LogP contribution in [0.5, 0.6) is 0 Å². The molecule has 0 atom stereocenters. The first kappa shape index (κ1) is 17.4. The number of benzene rings is 1. The largest absolute Gasteiger partial charge is 0.466 e. The molecular weight excluding hydrogens is 380 g/mol. The topological polar surface area (TPSA) is 65.1 Å². The Labute approximate surface area is 138 Å². The predicted octanol–water partition coefficient (Wildman–Crippen LogP) is 2.12. The molecule has 0 aromatic heterocycles. The van der Waals surface area contributed by atoms with Gasteiger partial charge in [0.15, 0.2) is 5.82 Å². The third kappa shape index (κ3) is 3.35.